The third-order valence-electron chi connectivity index (χ3n) is 2.83. The summed E-state index contributed by atoms with van der Waals surface area (Å²) in [7, 11) is -4.04. The van der Waals surface area contributed by atoms with Crippen LogP contribution < -0.4 is 5.11 Å². The maximum Gasteiger partial charge on any atom is 0.207 e. The predicted octanol–water partition coefficient (Wildman–Crippen LogP) is 0.375. The smallest absolute Gasteiger partial charge is 0.207 e. The highest BCUT2D eigenvalue weighted by molar-refractivity contribution is 7.91. The first-order valence-electron chi connectivity index (χ1n) is 5.72. The fourth-order valence-corrected chi connectivity index (χ4v) is 3.56. The van der Waals surface area contributed by atoms with E-state index in [9.17, 15) is 23.4 Å². The molecule has 0 atom stereocenters. The summed E-state index contributed by atoms with van der Waals surface area (Å²) < 4.78 is 25.1. The van der Waals surface area contributed by atoms with Crippen LogP contribution in [-0.4, -0.2) is 19.5 Å². The van der Waals surface area contributed by atoms with Crippen LogP contribution in [0, 0.1) is 0 Å². The Hall–Kier alpha value is -2.18. The zero-order valence-corrected chi connectivity index (χ0v) is 11.1. The molecule has 5 nitrogen and oxygen atoms in total. The average Bonchev–Trinajstić information content (AvgIpc) is 2.47. The molecule has 0 saturated heterocycles. The van der Waals surface area contributed by atoms with Crippen molar-refractivity contribution in [2.24, 2.45) is 0 Å². The number of benzene rings is 2. The van der Waals surface area contributed by atoms with Crippen molar-refractivity contribution in [3.05, 3.63) is 59.7 Å². The van der Waals surface area contributed by atoms with E-state index in [-0.39, 0.29) is 15.4 Å². The van der Waals surface area contributed by atoms with Gasteiger partial charge in [0.25, 0.3) is 0 Å². The molecule has 104 valence electrons. The quantitative estimate of drug-likeness (QED) is 0.878. The lowest BCUT2D eigenvalue weighted by atomic mass is 10.2. The number of rotatable bonds is 4. The maximum absolute atomic E-state index is 12.5. The van der Waals surface area contributed by atoms with E-state index >= 15 is 0 Å². The van der Waals surface area contributed by atoms with Gasteiger partial charge in [0.2, 0.25) is 9.84 Å². The van der Waals surface area contributed by atoms with Crippen molar-refractivity contribution in [2.45, 2.75) is 16.4 Å². The Morgan fingerprint density at radius 3 is 2.15 bits per heavy atom. The standard InChI is InChI=1S/C14H12O5S/c15-9-10-5-1-3-7-12(10)20(18,19)13-8-4-2-6-11(13)14(16)17/h1-8,15H,9H2,(H,16,17)/p-1. The molecule has 0 fully saturated rings. The first-order valence-corrected chi connectivity index (χ1v) is 7.21. The lowest BCUT2D eigenvalue weighted by Crippen LogP contribution is -2.25. The van der Waals surface area contributed by atoms with E-state index in [0.29, 0.717) is 0 Å². The number of carbonyl (C=O) groups excluding carboxylic acids is 1. The van der Waals surface area contributed by atoms with Crippen LogP contribution in [0.15, 0.2) is 58.3 Å². The van der Waals surface area contributed by atoms with E-state index in [1.165, 1.54) is 42.5 Å². The molecule has 0 saturated carbocycles. The molecule has 0 aliphatic rings. The van der Waals surface area contributed by atoms with E-state index in [0.717, 1.165) is 0 Å². The second-order valence-corrected chi connectivity index (χ2v) is 5.94. The molecular formula is C14H11O5S-. The summed E-state index contributed by atoms with van der Waals surface area (Å²) in [4.78, 5) is 10.6. The number of hydrogen-bond acceptors (Lipinski definition) is 5. The van der Waals surface area contributed by atoms with Gasteiger partial charge in [-0.2, -0.15) is 0 Å². The minimum absolute atomic E-state index is 0.115. The molecule has 0 radical (unpaired) electrons. The second kappa shape index (κ2) is 5.44. The molecule has 0 aliphatic carbocycles. The van der Waals surface area contributed by atoms with Gasteiger partial charge in [0.1, 0.15) is 0 Å². The first-order chi connectivity index (χ1) is 9.48. The maximum atomic E-state index is 12.5. The van der Waals surface area contributed by atoms with E-state index in [4.69, 9.17) is 0 Å². The largest absolute Gasteiger partial charge is 0.545 e. The normalized spacial score (nSPS) is 11.2. The van der Waals surface area contributed by atoms with Crippen LogP contribution in [0.5, 0.6) is 0 Å². The molecule has 0 spiro atoms. The molecule has 2 rings (SSSR count). The van der Waals surface area contributed by atoms with Gasteiger partial charge >= 0.3 is 0 Å². The summed E-state index contributed by atoms with van der Waals surface area (Å²) in [5.74, 6) is -1.56. The Morgan fingerprint density at radius 2 is 1.55 bits per heavy atom. The van der Waals surface area contributed by atoms with Crippen LogP contribution in [0.2, 0.25) is 0 Å². The SMILES string of the molecule is O=C([O-])c1ccccc1S(=O)(=O)c1ccccc1CO. The van der Waals surface area contributed by atoms with E-state index in [1.807, 2.05) is 0 Å². The Balaban J connectivity index is 2.71. The molecule has 0 bridgehead atoms. The van der Waals surface area contributed by atoms with Crippen molar-refractivity contribution < 1.29 is 23.4 Å². The molecule has 0 amide bonds. The highest BCUT2D eigenvalue weighted by atomic mass is 32.2. The molecule has 20 heavy (non-hydrogen) atoms. The lowest BCUT2D eigenvalue weighted by Gasteiger charge is -2.13. The van der Waals surface area contributed by atoms with E-state index in [2.05, 4.69) is 0 Å². The average molecular weight is 291 g/mol. The minimum Gasteiger partial charge on any atom is -0.545 e. The summed E-state index contributed by atoms with van der Waals surface area (Å²) in [6.07, 6.45) is 0. The van der Waals surface area contributed by atoms with Gasteiger partial charge < -0.3 is 15.0 Å². The molecule has 2 aromatic rings. The zero-order chi connectivity index (χ0) is 14.8. The third kappa shape index (κ3) is 2.43. The van der Waals surface area contributed by atoms with Crippen LogP contribution >= 0.6 is 0 Å². The monoisotopic (exact) mass is 291 g/mol. The number of aromatic carboxylic acids is 1. The van der Waals surface area contributed by atoms with Crippen LogP contribution in [0.3, 0.4) is 0 Å². The fraction of sp³-hybridized carbons (Fsp3) is 0.0714. The highest BCUT2D eigenvalue weighted by Gasteiger charge is 2.23. The first kappa shape index (κ1) is 14.2. The van der Waals surface area contributed by atoms with Crippen molar-refractivity contribution in [3.63, 3.8) is 0 Å². The fourth-order valence-electron chi connectivity index (χ4n) is 1.88. The number of aliphatic hydroxyl groups is 1. The minimum atomic E-state index is -4.04. The van der Waals surface area contributed by atoms with Crippen LogP contribution in [0.4, 0.5) is 0 Å². The van der Waals surface area contributed by atoms with Gasteiger partial charge in [0, 0.05) is 5.56 Å². The summed E-state index contributed by atoms with van der Waals surface area (Å²) in [6, 6.07) is 11.1. The number of aliphatic hydroxyl groups excluding tert-OH is 1. The number of carboxylic acid groups (broad SMARTS) is 1. The third-order valence-corrected chi connectivity index (χ3v) is 4.74. The molecule has 0 aliphatic heterocycles. The summed E-state index contributed by atoms with van der Waals surface area (Å²) in [5, 5.41) is 20.2. The van der Waals surface area contributed by atoms with Gasteiger partial charge in [0.05, 0.1) is 22.4 Å². The van der Waals surface area contributed by atoms with Gasteiger partial charge in [-0.1, -0.05) is 36.4 Å². The molecule has 0 unspecified atom stereocenters. The number of hydrogen-bond donors (Lipinski definition) is 1. The van der Waals surface area contributed by atoms with Gasteiger partial charge in [-0.3, -0.25) is 0 Å². The molecule has 1 N–H and O–H groups in total. The molecule has 6 heteroatoms. The van der Waals surface area contributed by atoms with Crippen molar-refractivity contribution in [2.75, 3.05) is 0 Å². The summed E-state index contributed by atoms with van der Waals surface area (Å²) >= 11 is 0. The van der Waals surface area contributed by atoms with Crippen molar-refractivity contribution in [1.82, 2.24) is 0 Å². The van der Waals surface area contributed by atoms with Gasteiger partial charge in [-0.25, -0.2) is 8.42 Å². The van der Waals surface area contributed by atoms with Gasteiger partial charge in [-0.15, -0.1) is 0 Å². The second-order valence-electron chi connectivity index (χ2n) is 4.05. The van der Waals surface area contributed by atoms with Gasteiger partial charge in [0.15, 0.2) is 0 Å². The zero-order valence-electron chi connectivity index (χ0n) is 10.3. The Morgan fingerprint density at radius 1 is 1.00 bits per heavy atom. The van der Waals surface area contributed by atoms with Crippen molar-refractivity contribution in [3.8, 4) is 0 Å². The Kier molecular flexibility index (Phi) is 3.87. The van der Waals surface area contributed by atoms with Crippen LogP contribution in [-0.2, 0) is 16.4 Å². The van der Waals surface area contributed by atoms with Crippen LogP contribution in [0.1, 0.15) is 15.9 Å². The predicted molar refractivity (Wildman–Crippen MR) is 68.6 cm³/mol. The van der Waals surface area contributed by atoms with E-state index in [1.54, 1.807) is 6.07 Å². The number of carboxylic acids is 1. The van der Waals surface area contributed by atoms with Crippen LogP contribution in [0.25, 0.3) is 0 Å². The van der Waals surface area contributed by atoms with Gasteiger partial charge in [-0.05, 0) is 17.7 Å². The number of carbonyl (C=O) groups is 1. The number of sulfone groups is 1. The molecule has 0 heterocycles. The Bertz CT molecular complexity index is 750. The van der Waals surface area contributed by atoms with E-state index < -0.39 is 28.0 Å². The molecule has 0 aromatic heterocycles. The van der Waals surface area contributed by atoms with Crippen molar-refractivity contribution in [1.29, 1.82) is 0 Å². The topological polar surface area (TPSA) is 94.5 Å². The Labute approximate surface area is 116 Å². The van der Waals surface area contributed by atoms with Crippen molar-refractivity contribution >= 4 is 15.8 Å². The summed E-state index contributed by atoms with van der Waals surface area (Å²) in [5.41, 5.74) is -0.194. The highest BCUT2D eigenvalue weighted by Crippen LogP contribution is 2.26. The lowest BCUT2D eigenvalue weighted by molar-refractivity contribution is -0.255. The molecular weight excluding hydrogens is 280 g/mol. The summed E-state index contributed by atoms with van der Waals surface area (Å²) in [6.45, 7) is -0.455. The molecule has 2 aromatic carbocycles.